The van der Waals surface area contributed by atoms with Crippen LogP contribution in [0, 0.1) is 20.2 Å². The van der Waals surface area contributed by atoms with Crippen molar-refractivity contribution in [1.82, 2.24) is 15.0 Å². The zero-order valence-electron chi connectivity index (χ0n) is 10.8. The average Bonchev–Trinajstić information content (AvgIpc) is 2.87. The SMILES string of the molecule is CC(Br)c1cn(Cc2ccc([N+](=O)[O-])cc2[N+](=O)[O-])nn1. The molecule has 9 nitrogen and oxygen atoms in total. The Bertz CT molecular complexity index is 700. The number of nitro benzene ring substituents is 2. The fourth-order valence-electron chi connectivity index (χ4n) is 1.72. The molecule has 0 fully saturated rings. The number of hydrogen-bond acceptors (Lipinski definition) is 6. The molecule has 1 atom stereocenters. The molecule has 0 aliphatic carbocycles. The van der Waals surface area contributed by atoms with Crippen molar-refractivity contribution >= 4 is 27.3 Å². The van der Waals surface area contributed by atoms with Crippen molar-refractivity contribution in [2.75, 3.05) is 0 Å². The first-order valence-electron chi connectivity index (χ1n) is 5.84. The summed E-state index contributed by atoms with van der Waals surface area (Å²) in [5.74, 6) is 0. The molecule has 1 unspecified atom stereocenters. The molecule has 0 spiro atoms. The number of hydrogen-bond donors (Lipinski definition) is 0. The molecule has 1 aromatic carbocycles. The summed E-state index contributed by atoms with van der Waals surface area (Å²) >= 11 is 3.35. The Morgan fingerprint density at radius 2 is 2.05 bits per heavy atom. The number of aromatic nitrogens is 3. The van der Waals surface area contributed by atoms with Crippen LogP contribution in [0.15, 0.2) is 24.4 Å². The summed E-state index contributed by atoms with van der Waals surface area (Å²) in [6.07, 6.45) is 1.66. The summed E-state index contributed by atoms with van der Waals surface area (Å²) < 4.78 is 1.45. The summed E-state index contributed by atoms with van der Waals surface area (Å²) in [4.78, 5) is 20.4. The topological polar surface area (TPSA) is 117 Å². The van der Waals surface area contributed by atoms with Gasteiger partial charge in [0, 0.05) is 12.3 Å². The first-order chi connectivity index (χ1) is 9.88. The number of non-ortho nitro benzene ring substituents is 1. The Morgan fingerprint density at radius 3 is 2.57 bits per heavy atom. The van der Waals surface area contributed by atoms with E-state index in [1.165, 1.54) is 16.8 Å². The van der Waals surface area contributed by atoms with E-state index in [9.17, 15) is 20.2 Å². The van der Waals surface area contributed by atoms with Gasteiger partial charge in [-0.05, 0) is 13.0 Å². The lowest BCUT2D eigenvalue weighted by atomic mass is 10.1. The summed E-state index contributed by atoms with van der Waals surface area (Å²) in [5.41, 5.74) is 0.385. The number of nitro groups is 2. The molecule has 0 aliphatic heterocycles. The Morgan fingerprint density at radius 1 is 1.33 bits per heavy atom. The van der Waals surface area contributed by atoms with Gasteiger partial charge in [-0.3, -0.25) is 20.2 Å². The molecule has 0 saturated heterocycles. The van der Waals surface area contributed by atoms with Crippen LogP contribution in [0.5, 0.6) is 0 Å². The molecular weight excluding hydrogens is 346 g/mol. The Balaban J connectivity index is 2.34. The minimum atomic E-state index is -0.670. The summed E-state index contributed by atoms with van der Waals surface area (Å²) in [6, 6.07) is 3.53. The lowest BCUT2D eigenvalue weighted by Gasteiger charge is -2.02. The van der Waals surface area contributed by atoms with Gasteiger partial charge in [0.05, 0.1) is 38.5 Å². The predicted octanol–water partition coefficient (Wildman–Crippen LogP) is 2.60. The molecular formula is C11H10BrN5O4. The van der Waals surface area contributed by atoms with E-state index in [0.29, 0.717) is 11.3 Å². The third-order valence-electron chi connectivity index (χ3n) is 2.77. The molecule has 0 aliphatic rings. The van der Waals surface area contributed by atoms with Crippen molar-refractivity contribution in [3.63, 3.8) is 0 Å². The molecule has 2 aromatic rings. The van der Waals surface area contributed by atoms with Gasteiger partial charge in [0.15, 0.2) is 0 Å². The highest BCUT2D eigenvalue weighted by Crippen LogP contribution is 2.25. The van der Waals surface area contributed by atoms with Crippen LogP contribution in [0.2, 0.25) is 0 Å². The van der Waals surface area contributed by atoms with E-state index in [2.05, 4.69) is 26.2 Å². The van der Waals surface area contributed by atoms with E-state index in [1.54, 1.807) is 6.20 Å². The maximum Gasteiger partial charge on any atom is 0.281 e. The quantitative estimate of drug-likeness (QED) is 0.462. The third-order valence-corrected chi connectivity index (χ3v) is 3.24. The van der Waals surface area contributed by atoms with E-state index in [-0.39, 0.29) is 22.7 Å². The molecule has 2 rings (SSSR count). The van der Waals surface area contributed by atoms with E-state index in [0.717, 1.165) is 6.07 Å². The first-order valence-corrected chi connectivity index (χ1v) is 6.76. The van der Waals surface area contributed by atoms with Crippen molar-refractivity contribution in [1.29, 1.82) is 0 Å². The van der Waals surface area contributed by atoms with Gasteiger partial charge in [-0.25, -0.2) is 4.68 Å². The van der Waals surface area contributed by atoms with Gasteiger partial charge in [-0.1, -0.05) is 21.1 Å². The zero-order valence-corrected chi connectivity index (χ0v) is 12.4. The number of alkyl halides is 1. The van der Waals surface area contributed by atoms with E-state index in [1.807, 2.05) is 6.92 Å². The number of halogens is 1. The second kappa shape index (κ2) is 5.95. The minimum absolute atomic E-state index is 0.0121. The maximum atomic E-state index is 11.0. The van der Waals surface area contributed by atoms with Crippen LogP contribution >= 0.6 is 15.9 Å². The van der Waals surface area contributed by atoms with E-state index in [4.69, 9.17) is 0 Å². The predicted molar refractivity (Wildman–Crippen MR) is 76.2 cm³/mol. The van der Waals surface area contributed by atoms with E-state index >= 15 is 0 Å². The van der Waals surface area contributed by atoms with Crippen LogP contribution in [-0.4, -0.2) is 24.8 Å². The van der Waals surface area contributed by atoms with Crippen molar-refractivity contribution in [3.05, 3.63) is 55.9 Å². The van der Waals surface area contributed by atoms with Gasteiger partial charge in [-0.15, -0.1) is 5.10 Å². The van der Waals surface area contributed by atoms with Crippen LogP contribution in [-0.2, 0) is 6.54 Å². The lowest BCUT2D eigenvalue weighted by molar-refractivity contribution is -0.394. The molecule has 0 saturated carbocycles. The minimum Gasteiger partial charge on any atom is -0.258 e. The lowest BCUT2D eigenvalue weighted by Crippen LogP contribution is -2.04. The van der Waals surface area contributed by atoms with Gasteiger partial charge in [0.1, 0.15) is 0 Å². The summed E-state index contributed by atoms with van der Waals surface area (Å²) in [5, 5.41) is 29.5. The van der Waals surface area contributed by atoms with Gasteiger partial charge in [0.2, 0.25) is 0 Å². The second-order valence-corrected chi connectivity index (χ2v) is 5.66. The fourth-order valence-corrected chi connectivity index (χ4v) is 1.93. The van der Waals surface area contributed by atoms with E-state index < -0.39 is 9.85 Å². The van der Waals surface area contributed by atoms with Crippen molar-refractivity contribution in [2.45, 2.75) is 18.3 Å². The molecule has 1 heterocycles. The monoisotopic (exact) mass is 355 g/mol. The smallest absolute Gasteiger partial charge is 0.258 e. The number of benzene rings is 1. The highest BCUT2D eigenvalue weighted by molar-refractivity contribution is 9.09. The maximum absolute atomic E-state index is 11.0. The van der Waals surface area contributed by atoms with Crippen LogP contribution in [0.1, 0.15) is 23.0 Å². The second-order valence-electron chi connectivity index (χ2n) is 4.28. The van der Waals surface area contributed by atoms with Crippen molar-refractivity contribution in [2.24, 2.45) is 0 Å². The Labute approximate surface area is 127 Å². The zero-order chi connectivity index (χ0) is 15.6. The first kappa shape index (κ1) is 15.0. The van der Waals surface area contributed by atoms with Crippen LogP contribution in [0.4, 0.5) is 11.4 Å². The van der Waals surface area contributed by atoms with Gasteiger partial charge >= 0.3 is 0 Å². The molecule has 0 bridgehead atoms. The molecule has 10 heteroatoms. The molecule has 110 valence electrons. The molecule has 0 amide bonds. The van der Waals surface area contributed by atoms with Crippen LogP contribution in [0.3, 0.4) is 0 Å². The van der Waals surface area contributed by atoms with Crippen molar-refractivity contribution in [3.8, 4) is 0 Å². The highest BCUT2D eigenvalue weighted by Gasteiger charge is 2.20. The fraction of sp³-hybridized carbons (Fsp3) is 0.273. The Kier molecular flexibility index (Phi) is 4.26. The standard InChI is InChI=1S/C11H10BrN5O4/c1-7(12)10-6-15(14-13-10)5-8-2-3-9(16(18)19)4-11(8)17(20)21/h2-4,6-7H,5H2,1H3. The van der Waals surface area contributed by atoms with Crippen molar-refractivity contribution < 1.29 is 9.85 Å². The van der Waals surface area contributed by atoms with Gasteiger partial charge < -0.3 is 0 Å². The van der Waals surface area contributed by atoms with Crippen LogP contribution < -0.4 is 0 Å². The summed E-state index contributed by atoms with van der Waals surface area (Å²) in [6.45, 7) is 1.99. The molecule has 1 aromatic heterocycles. The largest absolute Gasteiger partial charge is 0.281 e. The highest BCUT2D eigenvalue weighted by atomic mass is 79.9. The normalized spacial score (nSPS) is 12.1. The Hall–Kier alpha value is -2.36. The number of rotatable bonds is 5. The molecule has 21 heavy (non-hydrogen) atoms. The molecule has 0 N–H and O–H groups in total. The third kappa shape index (κ3) is 3.40. The molecule has 0 radical (unpaired) electrons. The van der Waals surface area contributed by atoms with Gasteiger partial charge in [0.25, 0.3) is 11.4 Å². The van der Waals surface area contributed by atoms with Crippen LogP contribution in [0.25, 0.3) is 0 Å². The van der Waals surface area contributed by atoms with Gasteiger partial charge in [-0.2, -0.15) is 0 Å². The summed E-state index contributed by atoms with van der Waals surface area (Å²) in [7, 11) is 0. The number of nitrogens with zero attached hydrogens (tertiary/aromatic N) is 5. The average molecular weight is 356 g/mol.